The van der Waals surface area contributed by atoms with Crippen molar-refractivity contribution >= 4 is 22.4 Å². The molecule has 41 heavy (non-hydrogen) atoms. The fraction of sp³-hybridized carbons (Fsp3) is 0.515. The molecule has 3 atom stereocenters. The molecule has 1 N–H and O–H groups in total. The van der Waals surface area contributed by atoms with Crippen LogP contribution in [0, 0.1) is 25.2 Å². The lowest BCUT2D eigenvalue weighted by molar-refractivity contribution is -0.144. The van der Waals surface area contributed by atoms with E-state index in [2.05, 4.69) is 59.4 Å². The number of hydrogen-bond donors (Lipinski definition) is 1. The zero-order chi connectivity index (χ0) is 28.3. The minimum atomic E-state index is -0.669. The molecule has 1 aromatic heterocycles. The van der Waals surface area contributed by atoms with Gasteiger partial charge in [-0.15, -0.1) is 11.3 Å². The van der Waals surface area contributed by atoms with Crippen LogP contribution in [-0.2, 0) is 29.1 Å². The molecule has 3 aromatic rings. The van der Waals surface area contributed by atoms with Crippen LogP contribution in [0.4, 0.5) is 5.13 Å². The molecule has 3 aliphatic heterocycles. The number of hydrogen-bond acceptors (Lipinski definition) is 7. The smallest absolute Gasteiger partial charge is 0.312 e. The van der Waals surface area contributed by atoms with Crippen molar-refractivity contribution in [3.63, 3.8) is 0 Å². The number of aromatic nitrogens is 1. The molecule has 0 spiro atoms. The number of thiazole rings is 1. The van der Waals surface area contributed by atoms with Crippen LogP contribution in [0.2, 0.25) is 0 Å². The normalized spacial score (nSPS) is 26.1. The van der Waals surface area contributed by atoms with Crippen molar-refractivity contribution in [2.45, 2.75) is 71.7 Å². The maximum Gasteiger partial charge on any atom is 0.312 e. The molecule has 4 heterocycles. The number of ether oxygens (including phenoxy) is 2. The molecule has 0 unspecified atom stereocenters. The van der Waals surface area contributed by atoms with E-state index >= 15 is 0 Å². The van der Waals surface area contributed by atoms with Gasteiger partial charge in [0, 0.05) is 55.9 Å². The minimum Gasteiger partial charge on any atom is -0.488 e. The summed E-state index contributed by atoms with van der Waals surface area (Å²) in [4.78, 5) is 21.8. The van der Waals surface area contributed by atoms with E-state index in [4.69, 9.17) is 14.5 Å². The van der Waals surface area contributed by atoms with Gasteiger partial charge in [0.2, 0.25) is 0 Å². The second-order valence-electron chi connectivity index (χ2n) is 12.4. The number of aliphatic carboxylic acids is 1. The number of rotatable bonds is 7. The number of carbonyl (C=O) groups is 1. The Labute approximate surface area is 246 Å². The molecule has 7 nitrogen and oxygen atoms in total. The van der Waals surface area contributed by atoms with Crippen LogP contribution >= 0.6 is 11.3 Å². The van der Waals surface area contributed by atoms with E-state index in [0.29, 0.717) is 12.6 Å². The van der Waals surface area contributed by atoms with Crippen LogP contribution < -0.4 is 9.64 Å². The fourth-order valence-corrected chi connectivity index (χ4v) is 8.49. The number of para-hydroxylation sites is 1. The van der Waals surface area contributed by atoms with Gasteiger partial charge in [0.1, 0.15) is 12.4 Å². The number of nitrogens with zero attached hydrogens (tertiary/aromatic N) is 3. The molecule has 0 radical (unpaired) electrons. The van der Waals surface area contributed by atoms with E-state index in [1.54, 1.807) is 11.3 Å². The zero-order valence-electron chi connectivity index (χ0n) is 24.2. The highest BCUT2D eigenvalue weighted by atomic mass is 32.1. The summed E-state index contributed by atoms with van der Waals surface area (Å²) >= 11 is 1.59. The van der Waals surface area contributed by atoms with Gasteiger partial charge in [-0.1, -0.05) is 24.3 Å². The average Bonchev–Trinajstić information content (AvgIpc) is 3.37. The van der Waals surface area contributed by atoms with Crippen molar-refractivity contribution in [1.82, 2.24) is 9.88 Å². The van der Waals surface area contributed by atoms with Gasteiger partial charge in [0.05, 0.1) is 11.1 Å². The topological polar surface area (TPSA) is 75.1 Å². The Balaban J connectivity index is 1.08. The first-order valence-electron chi connectivity index (χ1n) is 15.0. The predicted molar refractivity (Wildman–Crippen MR) is 161 cm³/mol. The van der Waals surface area contributed by atoms with Crippen LogP contribution in [0.3, 0.4) is 0 Å². The van der Waals surface area contributed by atoms with Crippen LogP contribution in [0.1, 0.15) is 54.0 Å². The summed E-state index contributed by atoms with van der Waals surface area (Å²) in [5.74, 6) is 0.424. The predicted octanol–water partition coefficient (Wildman–Crippen LogP) is 5.84. The van der Waals surface area contributed by atoms with Crippen molar-refractivity contribution in [2.75, 3.05) is 31.2 Å². The number of fused-ring (bicyclic) bond motifs is 2. The third-order valence-electron chi connectivity index (χ3n) is 10.2. The first-order chi connectivity index (χ1) is 19.8. The van der Waals surface area contributed by atoms with Crippen LogP contribution in [0.15, 0.2) is 35.7 Å². The first-order valence-corrected chi connectivity index (χ1v) is 15.8. The average molecular weight is 574 g/mol. The lowest BCUT2D eigenvalue weighted by atomic mass is 9.91. The summed E-state index contributed by atoms with van der Waals surface area (Å²) in [5, 5.41) is 12.8. The lowest BCUT2D eigenvalue weighted by Gasteiger charge is -2.38. The summed E-state index contributed by atoms with van der Waals surface area (Å²) in [6.07, 6.45) is 4.14. The molecule has 0 bridgehead atoms. The summed E-state index contributed by atoms with van der Waals surface area (Å²) in [7, 11) is 0. The van der Waals surface area contributed by atoms with Crippen molar-refractivity contribution in [3.05, 3.63) is 63.5 Å². The Morgan fingerprint density at radius 1 is 1.22 bits per heavy atom. The van der Waals surface area contributed by atoms with Crippen LogP contribution in [0.5, 0.6) is 5.75 Å². The highest BCUT2D eigenvalue weighted by Gasteiger charge is 2.70. The molecule has 0 amide bonds. The van der Waals surface area contributed by atoms with Crippen molar-refractivity contribution < 1.29 is 19.4 Å². The summed E-state index contributed by atoms with van der Waals surface area (Å²) in [6, 6.07) is 11.5. The standard InChI is InChI=1S/C33H39N3O4S/c1-20-5-4-6-27(29-19-41-32(34-29)36-16-25-15-33(25,22(36)3)31(37)38)30(20)40-18-23-13-21(2)28-17-35(10-7-24(28)14-23)26-8-11-39-12-9-26/h4-6,13-14,19,22,25-26H,7-12,15-18H2,1-3H3,(H,37,38)/t22-,25+,33+/m0/s1. The lowest BCUT2D eigenvalue weighted by Crippen LogP contribution is -2.42. The number of carboxylic acids is 1. The zero-order valence-corrected chi connectivity index (χ0v) is 25.0. The second kappa shape index (κ2) is 10.4. The quantitative estimate of drug-likeness (QED) is 0.381. The second-order valence-corrected chi connectivity index (χ2v) is 13.3. The van der Waals surface area contributed by atoms with Crippen molar-refractivity contribution in [1.29, 1.82) is 0 Å². The third kappa shape index (κ3) is 4.64. The number of piperidine rings is 1. The molecule has 3 fully saturated rings. The summed E-state index contributed by atoms with van der Waals surface area (Å²) in [5.41, 5.74) is 7.85. The van der Waals surface area contributed by atoms with Gasteiger partial charge >= 0.3 is 5.97 Å². The van der Waals surface area contributed by atoms with E-state index in [9.17, 15) is 9.90 Å². The first kappa shape index (κ1) is 26.9. The van der Waals surface area contributed by atoms with Gasteiger partial charge in [0.25, 0.3) is 0 Å². The summed E-state index contributed by atoms with van der Waals surface area (Å²) in [6.45, 7) is 11.6. The Hall–Kier alpha value is -2.94. The van der Waals surface area contributed by atoms with Gasteiger partial charge < -0.3 is 19.5 Å². The van der Waals surface area contributed by atoms with Crippen LogP contribution in [0.25, 0.3) is 11.3 Å². The number of anilines is 1. The Morgan fingerprint density at radius 3 is 2.83 bits per heavy atom. The molecule has 7 rings (SSSR count). The van der Waals surface area contributed by atoms with Crippen LogP contribution in [-0.4, -0.2) is 59.3 Å². The molecule has 8 heteroatoms. The minimum absolute atomic E-state index is 0.0479. The van der Waals surface area contributed by atoms with E-state index in [1.165, 1.54) is 22.3 Å². The van der Waals surface area contributed by atoms with Crippen molar-refractivity contribution in [2.24, 2.45) is 11.3 Å². The third-order valence-corrected chi connectivity index (χ3v) is 11.0. The molecular formula is C33H39N3O4S. The highest BCUT2D eigenvalue weighted by Crippen LogP contribution is 2.62. The Bertz CT molecular complexity index is 1480. The maximum atomic E-state index is 12.0. The highest BCUT2D eigenvalue weighted by molar-refractivity contribution is 7.14. The van der Waals surface area contributed by atoms with E-state index in [-0.39, 0.29) is 12.0 Å². The van der Waals surface area contributed by atoms with Crippen molar-refractivity contribution in [3.8, 4) is 17.0 Å². The molecular weight excluding hydrogens is 534 g/mol. The van der Waals surface area contributed by atoms with Gasteiger partial charge in [-0.05, 0) is 86.3 Å². The van der Waals surface area contributed by atoms with E-state index in [1.807, 2.05) is 6.92 Å². The Morgan fingerprint density at radius 2 is 2.05 bits per heavy atom. The molecule has 1 saturated carbocycles. The largest absolute Gasteiger partial charge is 0.488 e. The SMILES string of the molecule is Cc1cc(COc2c(C)cccc2-c2csc(N3C[C@H]4C[C@@]4(C(=O)O)[C@@H]3C)n2)cc2c1CN(C1CCOCC1)CC2. The Kier molecular flexibility index (Phi) is 6.83. The molecule has 1 aliphatic carbocycles. The van der Waals surface area contributed by atoms with Gasteiger partial charge in [-0.3, -0.25) is 9.69 Å². The number of aryl methyl sites for hydroxylation is 2. The summed E-state index contributed by atoms with van der Waals surface area (Å²) < 4.78 is 12.1. The molecule has 4 aliphatic rings. The molecule has 2 saturated heterocycles. The fourth-order valence-electron chi connectivity index (χ4n) is 7.58. The van der Waals surface area contributed by atoms with Gasteiger partial charge in [0.15, 0.2) is 5.13 Å². The van der Waals surface area contributed by atoms with Gasteiger partial charge in [-0.25, -0.2) is 4.98 Å². The molecule has 216 valence electrons. The number of benzene rings is 2. The monoisotopic (exact) mass is 573 g/mol. The molecule has 2 aromatic carbocycles. The van der Waals surface area contributed by atoms with Gasteiger partial charge in [-0.2, -0.15) is 0 Å². The maximum absolute atomic E-state index is 12.0. The van der Waals surface area contributed by atoms with E-state index in [0.717, 1.165) is 86.2 Å². The number of carboxylic acid groups (broad SMARTS) is 1. The van der Waals surface area contributed by atoms with E-state index < -0.39 is 11.4 Å².